The molecule has 0 aliphatic rings. The van der Waals surface area contributed by atoms with E-state index in [2.05, 4.69) is 22.6 Å². The van der Waals surface area contributed by atoms with Crippen molar-refractivity contribution in [2.45, 2.75) is 13.3 Å². The van der Waals surface area contributed by atoms with Crippen molar-refractivity contribution in [3.05, 3.63) is 23.4 Å². The lowest BCUT2D eigenvalue weighted by Gasteiger charge is -2.07. The molecule has 0 bridgehead atoms. The molecule has 0 saturated carbocycles. The van der Waals surface area contributed by atoms with Crippen LogP contribution in [0.3, 0.4) is 0 Å². The van der Waals surface area contributed by atoms with Crippen molar-refractivity contribution in [1.29, 1.82) is 5.26 Å². The van der Waals surface area contributed by atoms with Gasteiger partial charge in [0.05, 0.1) is 5.56 Å². The second-order valence-corrected chi connectivity index (χ2v) is 4.22. The fourth-order valence-electron chi connectivity index (χ4n) is 1.20. The van der Waals surface area contributed by atoms with E-state index in [-0.39, 0.29) is 0 Å². The summed E-state index contributed by atoms with van der Waals surface area (Å²) in [5.74, 6) is 1.83. The van der Waals surface area contributed by atoms with Crippen LogP contribution < -0.4 is 5.32 Å². The van der Waals surface area contributed by atoms with Crippen LogP contribution in [0.1, 0.15) is 17.7 Å². The molecule has 1 heterocycles. The van der Waals surface area contributed by atoms with Crippen LogP contribution in [0.25, 0.3) is 0 Å². The molecule has 1 aromatic heterocycles. The van der Waals surface area contributed by atoms with E-state index in [0.29, 0.717) is 11.4 Å². The highest BCUT2D eigenvalue weighted by atomic mass is 32.2. The minimum absolute atomic E-state index is 0.616. The second kappa shape index (κ2) is 6.31. The average Bonchev–Trinajstić information content (AvgIpc) is 2.25. The minimum atomic E-state index is 0.616. The van der Waals surface area contributed by atoms with Gasteiger partial charge in [-0.25, -0.2) is 4.98 Å². The first-order chi connectivity index (χ1) is 7.27. The zero-order valence-corrected chi connectivity index (χ0v) is 9.90. The molecule has 0 spiro atoms. The van der Waals surface area contributed by atoms with Crippen LogP contribution in [-0.4, -0.2) is 23.5 Å². The lowest BCUT2D eigenvalue weighted by molar-refractivity contribution is 0.976. The van der Waals surface area contributed by atoms with Gasteiger partial charge in [0, 0.05) is 12.2 Å². The highest BCUT2D eigenvalue weighted by Crippen LogP contribution is 2.12. The van der Waals surface area contributed by atoms with E-state index in [0.717, 1.165) is 24.4 Å². The number of hydrogen-bond acceptors (Lipinski definition) is 4. The van der Waals surface area contributed by atoms with Crippen LogP contribution in [0, 0.1) is 18.3 Å². The fraction of sp³-hybridized carbons (Fsp3) is 0.455. The Morgan fingerprint density at radius 3 is 3.00 bits per heavy atom. The Bertz CT molecular complexity index is 357. The molecule has 0 radical (unpaired) electrons. The van der Waals surface area contributed by atoms with Gasteiger partial charge in [-0.2, -0.15) is 17.0 Å². The standard InChI is InChI=1S/C11H15N3S/c1-9-4-5-10(8-12)11(14-9)13-6-3-7-15-2/h4-5H,3,6-7H2,1-2H3,(H,13,14). The number of hydrogen-bond donors (Lipinski definition) is 1. The van der Waals surface area contributed by atoms with E-state index in [1.807, 2.05) is 24.8 Å². The van der Waals surface area contributed by atoms with Gasteiger partial charge in [0.15, 0.2) is 0 Å². The van der Waals surface area contributed by atoms with Crippen molar-refractivity contribution in [3.63, 3.8) is 0 Å². The van der Waals surface area contributed by atoms with E-state index in [4.69, 9.17) is 5.26 Å². The summed E-state index contributed by atoms with van der Waals surface area (Å²) < 4.78 is 0. The molecule has 1 aromatic rings. The topological polar surface area (TPSA) is 48.7 Å². The van der Waals surface area contributed by atoms with Gasteiger partial charge >= 0.3 is 0 Å². The number of aryl methyl sites for hydroxylation is 1. The second-order valence-electron chi connectivity index (χ2n) is 3.23. The number of aromatic nitrogens is 1. The van der Waals surface area contributed by atoms with Crippen LogP contribution in [-0.2, 0) is 0 Å². The molecular formula is C11H15N3S. The van der Waals surface area contributed by atoms with Crippen LogP contribution in [0.4, 0.5) is 5.82 Å². The fourth-order valence-corrected chi connectivity index (χ4v) is 1.64. The Kier molecular flexibility index (Phi) is 4.99. The summed E-state index contributed by atoms with van der Waals surface area (Å²) in [6, 6.07) is 5.79. The molecule has 0 saturated heterocycles. The Labute approximate surface area is 94.9 Å². The normalized spacial score (nSPS) is 9.67. The third-order valence-electron chi connectivity index (χ3n) is 1.97. The van der Waals surface area contributed by atoms with E-state index >= 15 is 0 Å². The Balaban J connectivity index is 2.59. The summed E-state index contributed by atoms with van der Waals surface area (Å²) >= 11 is 1.82. The summed E-state index contributed by atoms with van der Waals surface area (Å²) in [6.45, 7) is 2.79. The molecule has 80 valence electrons. The number of rotatable bonds is 5. The van der Waals surface area contributed by atoms with Gasteiger partial charge in [-0.05, 0) is 37.5 Å². The van der Waals surface area contributed by atoms with Crippen LogP contribution >= 0.6 is 11.8 Å². The minimum Gasteiger partial charge on any atom is -0.369 e. The van der Waals surface area contributed by atoms with Crippen molar-refractivity contribution < 1.29 is 0 Å². The molecule has 1 N–H and O–H groups in total. The van der Waals surface area contributed by atoms with E-state index < -0.39 is 0 Å². The molecule has 15 heavy (non-hydrogen) atoms. The van der Waals surface area contributed by atoms with Crippen molar-refractivity contribution in [2.75, 3.05) is 23.9 Å². The molecule has 4 heteroatoms. The smallest absolute Gasteiger partial charge is 0.144 e. The van der Waals surface area contributed by atoms with Gasteiger partial charge in [0.25, 0.3) is 0 Å². The monoisotopic (exact) mass is 221 g/mol. The van der Waals surface area contributed by atoms with Gasteiger partial charge in [0.2, 0.25) is 0 Å². The summed E-state index contributed by atoms with van der Waals surface area (Å²) in [5, 5.41) is 12.1. The number of nitriles is 1. The number of thioether (sulfide) groups is 1. The average molecular weight is 221 g/mol. The summed E-state index contributed by atoms with van der Waals surface area (Å²) in [7, 11) is 0. The first-order valence-corrected chi connectivity index (χ1v) is 6.28. The van der Waals surface area contributed by atoms with Crippen LogP contribution in [0.15, 0.2) is 12.1 Å². The lowest BCUT2D eigenvalue weighted by atomic mass is 10.2. The van der Waals surface area contributed by atoms with Crippen molar-refractivity contribution >= 4 is 17.6 Å². The molecule has 0 unspecified atom stereocenters. The number of anilines is 1. The third-order valence-corrected chi connectivity index (χ3v) is 2.67. The van der Waals surface area contributed by atoms with Crippen molar-refractivity contribution in [2.24, 2.45) is 0 Å². The predicted octanol–water partition coefficient (Wildman–Crippen LogP) is 2.43. The SMILES string of the molecule is CSCCCNc1nc(C)ccc1C#N. The molecule has 3 nitrogen and oxygen atoms in total. The third kappa shape index (κ3) is 3.80. The van der Waals surface area contributed by atoms with Gasteiger partial charge in [-0.15, -0.1) is 0 Å². The Morgan fingerprint density at radius 2 is 2.33 bits per heavy atom. The van der Waals surface area contributed by atoms with Crippen LogP contribution in [0.2, 0.25) is 0 Å². The molecule has 1 rings (SSSR count). The first kappa shape index (κ1) is 11.9. The zero-order valence-electron chi connectivity index (χ0n) is 9.08. The van der Waals surface area contributed by atoms with E-state index in [9.17, 15) is 0 Å². The largest absolute Gasteiger partial charge is 0.369 e. The highest BCUT2D eigenvalue weighted by Gasteiger charge is 2.02. The maximum atomic E-state index is 8.88. The molecule has 0 fully saturated rings. The number of nitrogens with one attached hydrogen (secondary N) is 1. The zero-order chi connectivity index (χ0) is 11.1. The highest BCUT2D eigenvalue weighted by molar-refractivity contribution is 7.98. The summed E-state index contributed by atoms with van der Waals surface area (Å²) in [4.78, 5) is 4.30. The lowest BCUT2D eigenvalue weighted by Crippen LogP contribution is -2.06. The van der Waals surface area contributed by atoms with E-state index in [1.165, 1.54) is 0 Å². The van der Waals surface area contributed by atoms with Crippen LogP contribution in [0.5, 0.6) is 0 Å². The quantitative estimate of drug-likeness (QED) is 0.776. The Morgan fingerprint density at radius 1 is 1.53 bits per heavy atom. The molecule has 0 aliphatic carbocycles. The molecule has 0 aromatic carbocycles. The molecular weight excluding hydrogens is 206 g/mol. The van der Waals surface area contributed by atoms with Gasteiger partial charge in [-0.3, -0.25) is 0 Å². The molecule has 0 amide bonds. The van der Waals surface area contributed by atoms with Gasteiger partial charge in [-0.1, -0.05) is 0 Å². The Hall–Kier alpha value is -1.21. The van der Waals surface area contributed by atoms with Gasteiger partial charge < -0.3 is 5.32 Å². The molecule has 0 aliphatic heterocycles. The van der Waals surface area contributed by atoms with Crippen molar-refractivity contribution in [3.8, 4) is 6.07 Å². The molecule has 0 atom stereocenters. The maximum absolute atomic E-state index is 8.88. The summed E-state index contributed by atoms with van der Waals surface area (Å²) in [6.07, 6.45) is 3.17. The number of pyridine rings is 1. The van der Waals surface area contributed by atoms with Crippen molar-refractivity contribution in [1.82, 2.24) is 4.98 Å². The first-order valence-electron chi connectivity index (χ1n) is 4.88. The van der Waals surface area contributed by atoms with Gasteiger partial charge in [0.1, 0.15) is 11.9 Å². The summed E-state index contributed by atoms with van der Waals surface area (Å²) in [5.41, 5.74) is 1.55. The predicted molar refractivity (Wildman–Crippen MR) is 65.2 cm³/mol. The number of nitrogens with zero attached hydrogens (tertiary/aromatic N) is 2. The maximum Gasteiger partial charge on any atom is 0.144 e. The van der Waals surface area contributed by atoms with E-state index in [1.54, 1.807) is 6.07 Å².